The van der Waals surface area contributed by atoms with Crippen molar-refractivity contribution in [1.82, 2.24) is 10.2 Å². The summed E-state index contributed by atoms with van der Waals surface area (Å²) in [5, 5.41) is 3.96. The summed E-state index contributed by atoms with van der Waals surface area (Å²) in [5.74, 6) is 0.136. The highest BCUT2D eigenvalue weighted by Crippen LogP contribution is 2.18. The summed E-state index contributed by atoms with van der Waals surface area (Å²) in [7, 11) is 0. The minimum absolute atomic E-state index is 0.136. The van der Waals surface area contributed by atoms with E-state index >= 15 is 0 Å². The number of benzene rings is 1. The lowest BCUT2D eigenvalue weighted by molar-refractivity contribution is -0.129. The molecule has 1 saturated heterocycles. The molecule has 3 nitrogen and oxygen atoms in total. The molecule has 0 aliphatic carbocycles. The van der Waals surface area contributed by atoms with Crippen molar-refractivity contribution in [2.24, 2.45) is 5.41 Å². The van der Waals surface area contributed by atoms with Gasteiger partial charge in [-0.05, 0) is 37.1 Å². The number of carbonyl (C=O) groups is 1. The van der Waals surface area contributed by atoms with Crippen LogP contribution in [0.15, 0.2) is 24.3 Å². The third-order valence-corrected chi connectivity index (χ3v) is 4.05. The second-order valence-electron chi connectivity index (χ2n) is 6.93. The third kappa shape index (κ3) is 5.01. The van der Waals surface area contributed by atoms with Crippen LogP contribution >= 0.6 is 11.6 Å². The van der Waals surface area contributed by atoms with Crippen LogP contribution < -0.4 is 5.32 Å². The maximum absolute atomic E-state index is 12.1. The fourth-order valence-corrected chi connectivity index (χ4v) is 2.83. The van der Waals surface area contributed by atoms with Crippen LogP contribution in [0, 0.1) is 5.41 Å². The van der Waals surface area contributed by atoms with Gasteiger partial charge in [-0.25, -0.2) is 0 Å². The molecule has 0 aromatic heterocycles. The third-order valence-electron chi connectivity index (χ3n) is 3.82. The molecule has 0 radical (unpaired) electrons. The Labute approximate surface area is 132 Å². The van der Waals surface area contributed by atoms with E-state index in [2.05, 4.69) is 16.3 Å². The zero-order valence-electron chi connectivity index (χ0n) is 13.2. The lowest BCUT2D eigenvalue weighted by atomic mass is 9.94. The van der Waals surface area contributed by atoms with Gasteiger partial charge in [0.25, 0.3) is 0 Å². The Hall–Kier alpha value is -1.06. The fourth-order valence-electron chi connectivity index (χ4n) is 2.61. The summed E-state index contributed by atoms with van der Waals surface area (Å²) < 4.78 is 0. The molecule has 1 aliphatic rings. The van der Waals surface area contributed by atoms with Gasteiger partial charge in [-0.2, -0.15) is 0 Å². The monoisotopic (exact) mass is 308 g/mol. The normalized spacial score (nSPS) is 20.3. The summed E-state index contributed by atoms with van der Waals surface area (Å²) >= 11 is 6.03. The number of likely N-dealkylation sites (tertiary alicyclic amines) is 1. The summed E-state index contributed by atoms with van der Waals surface area (Å²) in [6.07, 6.45) is 2.18. The lowest BCUT2D eigenvalue weighted by Crippen LogP contribution is -2.50. The predicted molar refractivity (Wildman–Crippen MR) is 87.3 cm³/mol. The topological polar surface area (TPSA) is 32.3 Å². The molecule has 1 aromatic carbocycles. The van der Waals surface area contributed by atoms with Crippen LogP contribution in [-0.4, -0.2) is 29.9 Å². The van der Waals surface area contributed by atoms with E-state index in [0.717, 1.165) is 37.5 Å². The number of hydrogen-bond acceptors (Lipinski definition) is 2. The molecule has 1 heterocycles. The molecule has 116 valence electrons. The van der Waals surface area contributed by atoms with E-state index in [1.807, 2.05) is 39.0 Å². The SMILES string of the molecule is CC(C)(C)C(=O)NC1CCCN(Cc2cccc(Cl)c2)C1. The summed E-state index contributed by atoms with van der Waals surface area (Å²) in [6, 6.07) is 8.25. The largest absolute Gasteiger partial charge is 0.352 e. The van der Waals surface area contributed by atoms with Gasteiger partial charge in [0.1, 0.15) is 0 Å². The Morgan fingerprint density at radius 2 is 2.19 bits per heavy atom. The van der Waals surface area contributed by atoms with Gasteiger partial charge < -0.3 is 5.32 Å². The Kier molecular flexibility index (Phi) is 5.28. The quantitative estimate of drug-likeness (QED) is 0.927. The highest BCUT2D eigenvalue weighted by molar-refractivity contribution is 6.30. The number of amides is 1. The van der Waals surface area contributed by atoms with Gasteiger partial charge in [-0.15, -0.1) is 0 Å². The number of nitrogens with one attached hydrogen (secondary N) is 1. The maximum atomic E-state index is 12.1. The van der Waals surface area contributed by atoms with Crippen molar-refractivity contribution in [1.29, 1.82) is 0 Å². The number of piperidine rings is 1. The van der Waals surface area contributed by atoms with Crippen LogP contribution in [0.25, 0.3) is 0 Å². The van der Waals surface area contributed by atoms with Crippen molar-refractivity contribution in [3.05, 3.63) is 34.9 Å². The first-order valence-electron chi connectivity index (χ1n) is 7.62. The second kappa shape index (κ2) is 6.80. The molecule has 0 saturated carbocycles. The number of hydrogen-bond donors (Lipinski definition) is 1. The van der Waals surface area contributed by atoms with Crippen molar-refractivity contribution in [3.8, 4) is 0 Å². The Bertz CT molecular complexity index is 496. The molecular formula is C17H25ClN2O. The molecule has 1 amide bonds. The van der Waals surface area contributed by atoms with E-state index in [4.69, 9.17) is 11.6 Å². The first kappa shape index (κ1) is 16.3. The van der Waals surface area contributed by atoms with Crippen LogP contribution in [0.3, 0.4) is 0 Å². The summed E-state index contributed by atoms with van der Waals surface area (Å²) in [6.45, 7) is 8.74. The second-order valence-corrected chi connectivity index (χ2v) is 7.36. The number of rotatable bonds is 3. The summed E-state index contributed by atoms with van der Waals surface area (Å²) in [4.78, 5) is 14.5. The van der Waals surface area contributed by atoms with E-state index in [9.17, 15) is 4.79 Å². The first-order chi connectivity index (χ1) is 9.84. The zero-order valence-corrected chi connectivity index (χ0v) is 13.9. The Morgan fingerprint density at radius 1 is 1.43 bits per heavy atom. The molecule has 0 bridgehead atoms. The standard InChI is InChI=1S/C17H25ClN2O/c1-17(2,3)16(21)19-15-8-5-9-20(12-15)11-13-6-4-7-14(18)10-13/h4,6-7,10,15H,5,8-9,11-12H2,1-3H3,(H,19,21). The van der Waals surface area contributed by atoms with Gasteiger partial charge in [-0.3, -0.25) is 9.69 Å². The molecule has 1 unspecified atom stereocenters. The van der Waals surface area contributed by atoms with Crippen molar-refractivity contribution in [2.45, 2.75) is 46.2 Å². The molecule has 1 aliphatic heterocycles. The smallest absolute Gasteiger partial charge is 0.225 e. The lowest BCUT2D eigenvalue weighted by Gasteiger charge is -2.34. The van der Waals surface area contributed by atoms with Crippen molar-refractivity contribution < 1.29 is 4.79 Å². The van der Waals surface area contributed by atoms with Gasteiger partial charge >= 0.3 is 0 Å². The zero-order chi connectivity index (χ0) is 15.5. The Balaban J connectivity index is 1.90. The van der Waals surface area contributed by atoms with E-state index in [0.29, 0.717) is 0 Å². The van der Waals surface area contributed by atoms with Crippen LogP contribution in [0.1, 0.15) is 39.2 Å². The van der Waals surface area contributed by atoms with Gasteiger partial charge in [0.05, 0.1) is 0 Å². The summed E-state index contributed by atoms with van der Waals surface area (Å²) in [5.41, 5.74) is 0.903. The van der Waals surface area contributed by atoms with Gasteiger partial charge in [-0.1, -0.05) is 44.5 Å². The van der Waals surface area contributed by atoms with Crippen LogP contribution in [-0.2, 0) is 11.3 Å². The molecule has 1 N–H and O–H groups in total. The molecule has 4 heteroatoms. The number of carbonyl (C=O) groups excluding carboxylic acids is 1. The van der Waals surface area contributed by atoms with Crippen LogP contribution in [0.4, 0.5) is 0 Å². The highest BCUT2D eigenvalue weighted by Gasteiger charge is 2.26. The van der Waals surface area contributed by atoms with Gasteiger partial charge in [0.2, 0.25) is 5.91 Å². The van der Waals surface area contributed by atoms with E-state index in [1.54, 1.807) is 0 Å². The molecule has 1 fully saturated rings. The average Bonchev–Trinajstić information content (AvgIpc) is 2.38. The number of halogens is 1. The van der Waals surface area contributed by atoms with Gasteiger partial charge in [0.15, 0.2) is 0 Å². The molecule has 1 atom stereocenters. The highest BCUT2D eigenvalue weighted by atomic mass is 35.5. The van der Waals surface area contributed by atoms with Crippen molar-refractivity contribution in [2.75, 3.05) is 13.1 Å². The molecule has 0 spiro atoms. The minimum Gasteiger partial charge on any atom is -0.352 e. The molecule has 2 rings (SSSR count). The molecular weight excluding hydrogens is 284 g/mol. The van der Waals surface area contributed by atoms with Crippen molar-refractivity contribution in [3.63, 3.8) is 0 Å². The first-order valence-corrected chi connectivity index (χ1v) is 8.00. The maximum Gasteiger partial charge on any atom is 0.225 e. The minimum atomic E-state index is -0.324. The van der Waals surface area contributed by atoms with Crippen LogP contribution in [0.5, 0.6) is 0 Å². The average molecular weight is 309 g/mol. The molecule has 1 aromatic rings. The van der Waals surface area contributed by atoms with Gasteiger partial charge in [0, 0.05) is 29.6 Å². The van der Waals surface area contributed by atoms with Crippen LogP contribution in [0.2, 0.25) is 5.02 Å². The van der Waals surface area contributed by atoms with Crippen molar-refractivity contribution >= 4 is 17.5 Å². The fraction of sp³-hybridized carbons (Fsp3) is 0.588. The van der Waals surface area contributed by atoms with E-state index < -0.39 is 0 Å². The Morgan fingerprint density at radius 3 is 2.86 bits per heavy atom. The van der Waals surface area contributed by atoms with E-state index in [1.165, 1.54) is 5.56 Å². The van der Waals surface area contributed by atoms with E-state index in [-0.39, 0.29) is 17.4 Å². The number of nitrogens with zero attached hydrogens (tertiary/aromatic N) is 1. The molecule has 21 heavy (non-hydrogen) atoms. The predicted octanol–water partition coefficient (Wildman–Crippen LogP) is 3.47.